The first kappa shape index (κ1) is 13.8. The number of nitrogens with two attached hydrogens (primary N) is 1. The summed E-state index contributed by atoms with van der Waals surface area (Å²) in [5.41, 5.74) is 7.78. The predicted octanol–water partition coefficient (Wildman–Crippen LogP) is 2.07. The summed E-state index contributed by atoms with van der Waals surface area (Å²) in [6.45, 7) is 3.66. The Labute approximate surface area is 128 Å². The summed E-state index contributed by atoms with van der Waals surface area (Å²) in [5.74, 6) is 1.93. The van der Waals surface area contributed by atoms with Gasteiger partial charge in [-0.2, -0.15) is 0 Å². The minimum Gasteiger partial charge on any atom is -0.393 e. The highest BCUT2D eigenvalue weighted by Crippen LogP contribution is 2.17. The van der Waals surface area contributed by atoms with Gasteiger partial charge in [0.25, 0.3) is 0 Å². The van der Waals surface area contributed by atoms with Crippen LogP contribution in [0.5, 0.6) is 0 Å². The van der Waals surface area contributed by atoms with Crippen LogP contribution in [0.4, 0.5) is 0 Å². The fraction of sp³-hybridized carbons (Fsp3) is 0.267. The van der Waals surface area contributed by atoms with Gasteiger partial charge >= 0.3 is 0 Å². The number of fused-ring (bicyclic) bond motifs is 1. The van der Waals surface area contributed by atoms with E-state index in [-0.39, 0.29) is 0 Å². The molecule has 5 nitrogen and oxygen atoms in total. The van der Waals surface area contributed by atoms with Gasteiger partial charge in [0, 0.05) is 25.5 Å². The number of para-hydroxylation sites is 2. The highest BCUT2D eigenvalue weighted by molar-refractivity contribution is 7.80. The Hall–Kier alpha value is -2.21. The zero-order valence-electron chi connectivity index (χ0n) is 11.9. The van der Waals surface area contributed by atoms with Crippen LogP contribution in [0, 0.1) is 6.92 Å². The van der Waals surface area contributed by atoms with Gasteiger partial charge in [0.15, 0.2) is 0 Å². The summed E-state index contributed by atoms with van der Waals surface area (Å²) in [5, 5.41) is 0. The molecule has 0 saturated heterocycles. The van der Waals surface area contributed by atoms with Crippen molar-refractivity contribution in [2.75, 3.05) is 0 Å². The van der Waals surface area contributed by atoms with Crippen LogP contribution in [0.2, 0.25) is 0 Å². The Kier molecular flexibility index (Phi) is 3.70. The lowest BCUT2D eigenvalue weighted by Crippen LogP contribution is -2.17. The minimum absolute atomic E-state index is 0.463. The third kappa shape index (κ3) is 2.80. The van der Waals surface area contributed by atoms with Crippen molar-refractivity contribution in [2.24, 2.45) is 5.73 Å². The first-order valence-corrected chi connectivity index (χ1v) is 7.26. The maximum Gasteiger partial charge on any atom is 0.116 e. The first-order chi connectivity index (χ1) is 10.1. The second kappa shape index (κ2) is 5.65. The average molecular weight is 299 g/mol. The van der Waals surface area contributed by atoms with Crippen molar-refractivity contribution in [3.8, 4) is 0 Å². The summed E-state index contributed by atoms with van der Waals surface area (Å²) in [6.07, 6.45) is 4.33. The number of imidazole rings is 2. The van der Waals surface area contributed by atoms with Gasteiger partial charge < -0.3 is 14.9 Å². The quantitative estimate of drug-likeness (QED) is 0.733. The third-order valence-corrected chi connectivity index (χ3v) is 3.70. The SMILES string of the molecule is Cc1nccn1CCn1c(CC(N)=S)nc2ccccc21. The lowest BCUT2D eigenvalue weighted by atomic mass is 10.3. The zero-order chi connectivity index (χ0) is 14.8. The van der Waals surface area contributed by atoms with E-state index in [4.69, 9.17) is 18.0 Å². The smallest absolute Gasteiger partial charge is 0.116 e. The van der Waals surface area contributed by atoms with Gasteiger partial charge in [0.1, 0.15) is 11.6 Å². The van der Waals surface area contributed by atoms with E-state index < -0.39 is 0 Å². The number of rotatable bonds is 5. The molecule has 2 N–H and O–H groups in total. The van der Waals surface area contributed by atoms with Crippen LogP contribution in [-0.4, -0.2) is 24.1 Å². The van der Waals surface area contributed by atoms with E-state index in [1.807, 2.05) is 37.5 Å². The van der Waals surface area contributed by atoms with Gasteiger partial charge in [-0.1, -0.05) is 24.4 Å². The molecule has 0 atom stereocenters. The minimum atomic E-state index is 0.463. The molecule has 0 fully saturated rings. The molecule has 0 radical (unpaired) electrons. The number of hydrogen-bond donors (Lipinski definition) is 1. The predicted molar refractivity (Wildman–Crippen MR) is 87.2 cm³/mol. The number of benzene rings is 1. The number of aromatic nitrogens is 4. The van der Waals surface area contributed by atoms with Gasteiger partial charge in [-0.15, -0.1) is 0 Å². The average Bonchev–Trinajstić information content (AvgIpc) is 2.99. The molecule has 108 valence electrons. The fourth-order valence-electron chi connectivity index (χ4n) is 2.51. The molecule has 21 heavy (non-hydrogen) atoms. The highest BCUT2D eigenvalue weighted by atomic mass is 32.1. The van der Waals surface area contributed by atoms with Crippen molar-refractivity contribution in [3.05, 3.63) is 48.3 Å². The van der Waals surface area contributed by atoms with Crippen LogP contribution in [0.15, 0.2) is 36.7 Å². The molecule has 3 aromatic rings. The number of nitrogens with zero attached hydrogens (tertiary/aromatic N) is 4. The maximum absolute atomic E-state index is 5.69. The van der Waals surface area contributed by atoms with Crippen molar-refractivity contribution in [1.82, 2.24) is 19.1 Å². The van der Waals surface area contributed by atoms with E-state index in [0.717, 1.165) is 35.8 Å². The summed E-state index contributed by atoms with van der Waals surface area (Å²) < 4.78 is 4.31. The van der Waals surface area contributed by atoms with Crippen LogP contribution >= 0.6 is 12.2 Å². The summed E-state index contributed by atoms with van der Waals surface area (Å²) in [7, 11) is 0. The number of hydrogen-bond acceptors (Lipinski definition) is 3. The molecule has 2 heterocycles. The van der Waals surface area contributed by atoms with Crippen molar-refractivity contribution >= 4 is 28.2 Å². The van der Waals surface area contributed by atoms with Gasteiger partial charge in [0.05, 0.1) is 22.4 Å². The number of aryl methyl sites for hydroxylation is 3. The van der Waals surface area contributed by atoms with Gasteiger partial charge in [-0.3, -0.25) is 0 Å². The summed E-state index contributed by atoms with van der Waals surface area (Å²) in [4.78, 5) is 9.36. The molecule has 0 unspecified atom stereocenters. The maximum atomic E-state index is 5.69. The topological polar surface area (TPSA) is 61.7 Å². The standard InChI is InChI=1S/C15H17N5S/c1-11-17-6-7-19(11)8-9-20-13-5-3-2-4-12(13)18-15(20)10-14(16)21/h2-7H,8-10H2,1H3,(H2,16,21). The lowest BCUT2D eigenvalue weighted by molar-refractivity contribution is 0.566. The zero-order valence-corrected chi connectivity index (χ0v) is 12.7. The monoisotopic (exact) mass is 299 g/mol. The molecule has 2 aromatic heterocycles. The fourth-order valence-corrected chi connectivity index (χ4v) is 2.64. The molecule has 0 spiro atoms. The second-order valence-corrected chi connectivity index (χ2v) is 5.50. The Bertz CT molecular complexity index is 786. The van der Waals surface area contributed by atoms with E-state index in [9.17, 15) is 0 Å². The Balaban J connectivity index is 1.94. The molecule has 0 aliphatic carbocycles. The molecule has 6 heteroatoms. The van der Waals surface area contributed by atoms with Crippen molar-refractivity contribution < 1.29 is 0 Å². The highest BCUT2D eigenvalue weighted by Gasteiger charge is 2.11. The number of thiocarbonyl (C=S) groups is 1. The van der Waals surface area contributed by atoms with Gasteiger partial charge in [-0.05, 0) is 19.1 Å². The summed E-state index contributed by atoms with van der Waals surface area (Å²) >= 11 is 5.04. The molecular weight excluding hydrogens is 282 g/mol. The van der Waals surface area contributed by atoms with Gasteiger partial charge in [-0.25, -0.2) is 9.97 Å². The van der Waals surface area contributed by atoms with E-state index >= 15 is 0 Å². The largest absolute Gasteiger partial charge is 0.393 e. The van der Waals surface area contributed by atoms with E-state index in [1.54, 1.807) is 0 Å². The van der Waals surface area contributed by atoms with Crippen molar-refractivity contribution in [1.29, 1.82) is 0 Å². The molecule has 0 aliphatic heterocycles. The molecule has 0 bridgehead atoms. The molecule has 0 amide bonds. The van der Waals surface area contributed by atoms with E-state index in [1.165, 1.54) is 0 Å². The van der Waals surface area contributed by atoms with Crippen LogP contribution in [0.1, 0.15) is 11.6 Å². The van der Waals surface area contributed by atoms with Gasteiger partial charge in [0.2, 0.25) is 0 Å². The van der Waals surface area contributed by atoms with Crippen LogP contribution in [0.3, 0.4) is 0 Å². The van der Waals surface area contributed by atoms with Crippen LogP contribution < -0.4 is 5.73 Å². The molecule has 1 aromatic carbocycles. The van der Waals surface area contributed by atoms with Crippen molar-refractivity contribution in [3.63, 3.8) is 0 Å². The lowest BCUT2D eigenvalue weighted by Gasteiger charge is -2.10. The molecule has 0 saturated carbocycles. The Morgan fingerprint density at radius 2 is 2.10 bits per heavy atom. The normalized spacial score (nSPS) is 11.1. The van der Waals surface area contributed by atoms with E-state index in [2.05, 4.69) is 25.2 Å². The molecular formula is C15H17N5S. The van der Waals surface area contributed by atoms with Crippen LogP contribution in [0.25, 0.3) is 11.0 Å². The van der Waals surface area contributed by atoms with Crippen LogP contribution in [-0.2, 0) is 19.5 Å². The third-order valence-electron chi connectivity index (χ3n) is 3.55. The second-order valence-electron chi connectivity index (χ2n) is 4.98. The Morgan fingerprint density at radius 1 is 1.29 bits per heavy atom. The van der Waals surface area contributed by atoms with Crippen molar-refractivity contribution in [2.45, 2.75) is 26.4 Å². The first-order valence-electron chi connectivity index (χ1n) is 6.85. The molecule has 0 aliphatic rings. The van der Waals surface area contributed by atoms with E-state index in [0.29, 0.717) is 11.4 Å². The summed E-state index contributed by atoms with van der Waals surface area (Å²) in [6, 6.07) is 8.10. The molecule has 3 rings (SSSR count). The Morgan fingerprint density at radius 3 is 2.81 bits per heavy atom.